The van der Waals surface area contributed by atoms with Gasteiger partial charge in [0.25, 0.3) is 0 Å². The smallest absolute Gasteiger partial charge is 0.158 e. The summed E-state index contributed by atoms with van der Waals surface area (Å²) in [6.45, 7) is 8.91. The number of morpholine rings is 2. The number of nitrogens with zero attached hydrogens (tertiary/aromatic N) is 6. The largest absolute Gasteiger partial charge is 0.379 e. The van der Waals surface area contributed by atoms with E-state index in [2.05, 4.69) is 87.9 Å². The average Bonchev–Trinajstić information content (AvgIpc) is 3.38. The molecule has 1 N–H and O–H groups in total. The molecule has 0 radical (unpaired) electrons. The third-order valence-corrected chi connectivity index (χ3v) is 6.81. The number of aliphatic imine (C=N–C) groups is 1. The van der Waals surface area contributed by atoms with Crippen molar-refractivity contribution in [3.63, 3.8) is 0 Å². The molecule has 6 rings (SSSR count). The van der Waals surface area contributed by atoms with Gasteiger partial charge in [0.2, 0.25) is 0 Å². The lowest BCUT2D eigenvalue weighted by Crippen LogP contribution is -2.40. The van der Waals surface area contributed by atoms with E-state index in [0.717, 1.165) is 79.1 Å². The highest BCUT2D eigenvalue weighted by atomic mass is 16.5. The minimum Gasteiger partial charge on any atom is -0.379 e. The van der Waals surface area contributed by atoms with Crippen molar-refractivity contribution in [2.75, 3.05) is 62.9 Å². The molecule has 0 unspecified atom stereocenters. The monoisotopic (exact) mass is 511 g/mol. The number of ether oxygens (including phenoxy) is 2. The van der Waals surface area contributed by atoms with Crippen LogP contribution >= 0.6 is 0 Å². The highest BCUT2D eigenvalue weighted by Gasteiger charge is 2.18. The Labute approximate surface area is 222 Å². The van der Waals surface area contributed by atoms with E-state index in [4.69, 9.17) is 19.6 Å². The summed E-state index contributed by atoms with van der Waals surface area (Å²) < 4.78 is 13.0. The number of rotatable bonds is 7. The molecule has 0 spiro atoms. The summed E-state index contributed by atoms with van der Waals surface area (Å²) in [6.07, 6.45) is 1.92. The lowest BCUT2D eigenvalue weighted by atomic mass is 10.1. The van der Waals surface area contributed by atoms with Crippen LogP contribution in [0.2, 0.25) is 0 Å². The van der Waals surface area contributed by atoms with Gasteiger partial charge in [-0.05, 0) is 24.6 Å². The zero-order valence-corrected chi connectivity index (χ0v) is 21.7. The van der Waals surface area contributed by atoms with Crippen molar-refractivity contribution in [3.8, 4) is 11.3 Å². The van der Waals surface area contributed by atoms with Gasteiger partial charge in [-0.15, -0.1) is 0 Å². The van der Waals surface area contributed by atoms with Crippen molar-refractivity contribution < 1.29 is 9.47 Å². The first-order valence-electron chi connectivity index (χ1n) is 13.2. The Morgan fingerprint density at radius 3 is 2.45 bits per heavy atom. The fraction of sp³-hybridized carbons (Fsp3) is 0.345. The minimum absolute atomic E-state index is 0.504. The first-order chi connectivity index (χ1) is 18.7. The molecule has 0 bridgehead atoms. The molecule has 2 aliphatic rings. The maximum absolute atomic E-state index is 5.60. The summed E-state index contributed by atoms with van der Waals surface area (Å²) in [4.78, 5) is 11.9. The summed E-state index contributed by atoms with van der Waals surface area (Å²) >= 11 is 0. The van der Waals surface area contributed by atoms with Crippen LogP contribution in [-0.2, 0) is 16.0 Å². The molecule has 2 fully saturated rings. The van der Waals surface area contributed by atoms with Gasteiger partial charge in [0.1, 0.15) is 5.82 Å². The van der Waals surface area contributed by atoms with Crippen LogP contribution in [0.1, 0.15) is 16.8 Å². The minimum atomic E-state index is 0.504. The number of aromatic nitrogens is 3. The van der Waals surface area contributed by atoms with Crippen LogP contribution in [0.3, 0.4) is 0 Å². The normalized spacial score (nSPS) is 16.9. The zero-order valence-electron chi connectivity index (χ0n) is 21.7. The van der Waals surface area contributed by atoms with Crippen LogP contribution in [0, 0.1) is 6.92 Å². The molecule has 0 atom stereocenters. The van der Waals surface area contributed by atoms with Crippen molar-refractivity contribution in [1.29, 1.82) is 0 Å². The Kier molecular flexibility index (Phi) is 7.30. The predicted octanol–water partition coefficient (Wildman–Crippen LogP) is 3.82. The molecular weight excluding hydrogens is 478 g/mol. The molecule has 0 aliphatic carbocycles. The maximum atomic E-state index is 5.60. The van der Waals surface area contributed by atoms with Crippen molar-refractivity contribution >= 4 is 23.4 Å². The fourth-order valence-electron chi connectivity index (χ4n) is 4.82. The molecule has 2 aromatic heterocycles. The second kappa shape index (κ2) is 11.3. The second-order valence-electron chi connectivity index (χ2n) is 9.68. The predicted molar refractivity (Wildman–Crippen MR) is 150 cm³/mol. The Morgan fingerprint density at radius 2 is 1.68 bits per heavy atom. The molecule has 0 amide bonds. The van der Waals surface area contributed by atoms with Gasteiger partial charge in [0.15, 0.2) is 5.65 Å². The topological polar surface area (TPSA) is 79.5 Å². The summed E-state index contributed by atoms with van der Waals surface area (Å²) in [5, 5.41) is 7.15. The maximum Gasteiger partial charge on any atom is 0.158 e. The van der Waals surface area contributed by atoms with Crippen LogP contribution in [0.15, 0.2) is 65.7 Å². The SMILES string of the molecule is Cc1cccc(C=NCc2cc(N3CCOCC3)n3nc(-c4ccc(NN5CCOCC5)cc4)cc3n2)c1. The van der Waals surface area contributed by atoms with E-state index in [1.165, 1.54) is 5.56 Å². The van der Waals surface area contributed by atoms with E-state index >= 15 is 0 Å². The van der Waals surface area contributed by atoms with Gasteiger partial charge in [-0.3, -0.25) is 4.99 Å². The quantitative estimate of drug-likeness (QED) is 0.378. The number of fused-ring (bicyclic) bond motifs is 1. The van der Waals surface area contributed by atoms with Crippen molar-refractivity contribution in [1.82, 2.24) is 19.6 Å². The number of aryl methyl sites for hydroxylation is 1. The van der Waals surface area contributed by atoms with Gasteiger partial charge in [-0.2, -0.15) is 9.61 Å². The molecule has 2 aliphatic heterocycles. The second-order valence-corrected chi connectivity index (χ2v) is 9.68. The van der Waals surface area contributed by atoms with Crippen LogP contribution in [0.4, 0.5) is 11.5 Å². The van der Waals surface area contributed by atoms with E-state index in [1.807, 2.05) is 10.7 Å². The molecule has 2 aromatic carbocycles. The molecule has 2 saturated heterocycles. The number of hydrazine groups is 1. The van der Waals surface area contributed by atoms with E-state index in [-0.39, 0.29) is 0 Å². The van der Waals surface area contributed by atoms with Crippen LogP contribution < -0.4 is 10.3 Å². The molecule has 9 nitrogen and oxygen atoms in total. The lowest BCUT2D eigenvalue weighted by Gasteiger charge is -2.29. The zero-order chi connectivity index (χ0) is 25.7. The first-order valence-corrected chi connectivity index (χ1v) is 13.2. The summed E-state index contributed by atoms with van der Waals surface area (Å²) in [7, 11) is 0. The Morgan fingerprint density at radius 1 is 0.921 bits per heavy atom. The first kappa shape index (κ1) is 24.5. The Bertz CT molecular complexity index is 1400. The van der Waals surface area contributed by atoms with E-state index in [0.29, 0.717) is 19.8 Å². The average molecular weight is 512 g/mol. The number of anilines is 2. The number of nitrogens with one attached hydrogen (secondary N) is 1. The molecule has 38 heavy (non-hydrogen) atoms. The number of hydrogen-bond donors (Lipinski definition) is 1. The van der Waals surface area contributed by atoms with Gasteiger partial charge < -0.3 is 19.8 Å². The molecule has 4 aromatic rings. The standard InChI is InChI=1S/C29H33N7O2/c1-22-3-2-4-23(17-22)20-30-21-26-18-29(34-9-13-37-14-10-34)36-28(31-26)19-27(33-36)24-5-7-25(8-6-24)32-35-11-15-38-16-12-35/h2-8,17-20,32H,9-16,21H2,1H3. The molecule has 196 valence electrons. The van der Waals surface area contributed by atoms with E-state index in [1.54, 1.807) is 0 Å². The van der Waals surface area contributed by atoms with Gasteiger partial charge >= 0.3 is 0 Å². The van der Waals surface area contributed by atoms with Crippen molar-refractivity contribution in [3.05, 3.63) is 77.5 Å². The Balaban J connectivity index is 1.27. The highest BCUT2D eigenvalue weighted by Crippen LogP contribution is 2.26. The number of benzene rings is 2. The van der Waals surface area contributed by atoms with Crippen LogP contribution in [-0.4, -0.2) is 78.4 Å². The molecule has 0 saturated carbocycles. The van der Waals surface area contributed by atoms with Crippen LogP contribution in [0.25, 0.3) is 16.9 Å². The molecular formula is C29H33N7O2. The third-order valence-electron chi connectivity index (χ3n) is 6.81. The van der Waals surface area contributed by atoms with Gasteiger partial charge in [-0.1, -0.05) is 42.0 Å². The molecule has 4 heterocycles. The third kappa shape index (κ3) is 5.70. The van der Waals surface area contributed by atoms with E-state index < -0.39 is 0 Å². The van der Waals surface area contributed by atoms with Gasteiger partial charge in [0, 0.05) is 55.8 Å². The fourth-order valence-corrected chi connectivity index (χ4v) is 4.82. The number of hydrogen-bond acceptors (Lipinski definition) is 8. The van der Waals surface area contributed by atoms with Crippen molar-refractivity contribution in [2.24, 2.45) is 4.99 Å². The van der Waals surface area contributed by atoms with E-state index in [9.17, 15) is 0 Å². The summed E-state index contributed by atoms with van der Waals surface area (Å²) in [6, 6.07) is 20.9. The Hall–Kier alpha value is -3.79. The van der Waals surface area contributed by atoms with Gasteiger partial charge in [0.05, 0.1) is 44.4 Å². The van der Waals surface area contributed by atoms with Gasteiger partial charge in [-0.25, -0.2) is 9.99 Å². The highest BCUT2D eigenvalue weighted by molar-refractivity contribution is 5.79. The summed E-state index contributed by atoms with van der Waals surface area (Å²) in [5.41, 5.74) is 10.5. The molecule has 9 heteroatoms. The van der Waals surface area contributed by atoms with Crippen molar-refractivity contribution in [2.45, 2.75) is 13.5 Å². The lowest BCUT2D eigenvalue weighted by molar-refractivity contribution is 0.0497. The summed E-state index contributed by atoms with van der Waals surface area (Å²) in [5.74, 6) is 1.02. The van der Waals surface area contributed by atoms with Crippen LogP contribution in [0.5, 0.6) is 0 Å².